The number of hydrogen-bond donors (Lipinski definition) is 1. The van der Waals surface area contributed by atoms with Crippen molar-refractivity contribution in [3.63, 3.8) is 0 Å². The summed E-state index contributed by atoms with van der Waals surface area (Å²) in [4.78, 5) is 25.8. The lowest BCUT2D eigenvalue weighted by Gasteiger charge is -2.34. The van der Waals surface area contributed by atoms with E-state index in [0.717, 1.165) is 48.8 Å². The number of carbonyl (C=O) groups is 2. The molecule has 31 heavy (non-hydrogen) atoms. The third-order valence-corrected chi connectivity index (χ3v) is 6.55. The first-order valence-electron chi connectivity index (χ1n) is 11.5. The minimum Gasteiger partial charge on any atom is -0.466 e. The van der Waals surface area contributed by atoms with E-state index in [1.807, 2.05) is 6.07 Å². The van der Waals surface area contributed by atoms with Gasteiger partial charge in [-0.25, -0.2) is 4.79 Å². The number of unbranched alkanes of at least 4 members (excludes halogenated alkanes) is 3. The summed E-state index contributed by atoms with van der Waals surface area (Å²) in [6.07, 6.45) is 9.86. The Bertz CT molecular complexity index is 720. The summed E-state index contributed by atoms with van der Waals surface area (Å²) in [6.45, 7) is 6.14. The molecular weight excluding hydrogens is 460 g/mol. The zero-order valence-electron chi connectivity index (χ0n) is 19.0. The van der Waals surface area contributed by atoms with Crippen LogP contribution in [0.25, 0.3) is 0 Å². The van der Waals surface area contributed by atoms with Crippen molar-refractivity contribution >= 4 is 33.6 Å². The maximum atomic E-state index is 12.6. The van der Waals surface area contributed by atoms with Gasteiger partial charge in [-0.15, -0.1) is 0 Å². The molecule has 0 aromatic heterocycles. The van der Waals surface area contributed by atoms with Crippen LogP contribution in [0, 0.1) is 0 Å². The molecule has 0 aliphatic heterocycles. The Labute approximate surface area is 195 Å². The van der Waals surface area contributed by atoms with Gasteiger partial charge in [0, 0.05) is 24.0 Å². The van der Waals surface area contributed by atoms with Gasteiger partial charge in [0.1, 0.15) is 0 Å². The normalized spacial score (nSPS) is 14.6. The van der Waals surface area contributed by atoms with E-state index >= 15 is 0 Å². The van der Waals surface area contributed by atoms with E-state index in [9.17, 15) is 9.59 Å². The van der Waals surface area contributed by atoms with E-state index in [0.29, 0.717) is 30.5 Å². The van der Waals surface area contributed by atoms with Crippen LogP contribution in [0.15, 0.2) is 16.6 Å². The Kier molecular flexibility index (Phi) is 11.4. The second-order valence-corrected chi connectivity index (χ2v) is 9.13. The van der Waals surface area contributed by atoms with Gasteiger partial charge in [0.2, 0.25) is 0 Å². The molecule has 7 heteroatoms. The first kappa shape index (κ1) is 25.7. The number of anilines is 1. The fraction of sp³-hybridized carbons (Fsp3) is 0.667. The highest BCUT2D eigenvalue weighted by atomic mass is 79.9. The van der Waals surface area contributed by atoms with Gasteiger partial charge in [0.25, 0.3) is 0 Å². The average molecular weight is 497 g/mol. The summed E-state index contributed by atoms with van der Waals surface area (Å²) in [5.74, 6) is -0.564. The quantitative estimate of drug-likeness (QED) is 0.234. The molecule has 0 unspecified atom stereocenters. The lowest BCUT2D eigenvalue weighted by molar-refractivity contribution is -0.141. The molecule has 2 rings (SSSR count). The lowest BCUT2D eigenvalue weighted by Crippen LogP contribution is -2.36. The number of carbonyl (C=O) groups excluding carboxylic acids is 2. The van der Waals surface area contributed by atoms with E-state index in [2.05, 4.69) is 27.8 Å². The van der Waals surface area contributed by atoms with E-state index in [-0.39, 0.29) is 11.9 Å². The molecule has 0 heterocycles. The first-order chi connectivity index (χ1) is 14.9. The standard InChI is InChI=1S/C24H37BrN2O4/c1-3-27(21-11-7-6-8-12-21)17-20-15-19(16-22(25)23(20)26)24(29)31-14-10-5-4-9-13-30-18(2)28/h15-16,21H,3-14,17,26H2,1-2H3. The SMILES string of the molecule is CCN(Cc1cc(C(=O)OCCCCCCOC(C)=O)cc(Br)c1N)C1CCCCC1. The predicted molar refractivity (Wildman–Crippen MR) is 127 cm³/mol. The van der Waals surface area contributed by atoms with Crippen LogP contribution in [-0.2, 0) is 20.8 Å². The van der Waals surface area contributed by atoms with Crippen molar-refractivity contribution in [2.75, 3.05) is 25.5 Å². The molecule has 1 aliphatic rings. The highest BCUT2D eigenvalue weighted by Gasteiger charge is 2.22. The molecule has 6 nitrogen and oxygen atoms in total. The molecule has 0 spiro atoms. The van der Waals surface area contributed by atoms with Crippen molar-refractivity contribution in [1.82, 2.24) is 4.90 Å². The number of ether oxygens (including phenoxy) is 2. The van der Waals surface area contributed by atoms with Crippen molar-refractivity contribution in [1.29, 1.82) is 0 Å². The second-order valence-electron chi connectivity index (χ2n) is 8.28. The summed E-state index contributed by atoms with van der Waals surface area (Å²) in [5.41, 5.74) is 8.52. The van der Waals surface area contributed by atoms with Crippen LogP contribution in [0.4, 0.5) is 5.69 Å². The zero-order valence-corrected chi connectivity index (χ0v) is 20.5. The Hall–Kier alpha value is -1.60. The van der Waals surface area contributed by atoms with Gasteiger partial charge in [-0.05, 0) is 78.7 Å². The van der Waals surface area contributed by atoms with Crippen LogP contribution < -0.4 is 5.73 Å². The molecule has 0 bridgehead atoms. The van der Waals surface area contributed by atoms with E-state index in [4.69, 9.17) is 15.2 Å². The molecule has 0 amide bonds. The van der Waals surface area contributed by atoms with Crippen LogP contribution in [0.2, 0.25) is 0 Å². The topological polar surface area (TPSA) is 81.9 Å². The van der Waals surface area contributed by atoms with Gasteiger partial charge < -0.3 is 15.2 Å². The molecule has 2 N–H and O–H groups in total. The van der Waals surface area contributed by atoms with Crippen LogP contribution >= 0.6 is 15.9 Å². The number of rotatable bonds is 12. The smallest absolute Gasteiger partial charge is 0.338 e. The van der Waals surface area contributed by atoms with Crippen molar-refractivity contribution in [2.24, 2.45) is 0 Å². The van der Waals surface area contributed by atoms with Gasteiger partial charge in [0.05, 0.1) is 24.5 Å². The molecule has 1 aliphatic carbocycles. The molecule has 0 saturated heterocycles. The molecule has 0 radical (unpaired) electrons. The Morgan fingerprint density at radius 1 is 1.06 bits per heavy atom. The Balaban J connectivity index is 1.86. The average Bonchev–Trinajstić information content (AvgIpc) is 2.76. The highest BCUT2D eigenvalue weighted by molar-refractivity contribution is 9.10. The van der Waals surface area contributed by atoms with Crippen molar-refractivity contribution < 1.29 is 19.1 Å². The monoisotopic (exact) mass is 496 g/mol. The third kappa shape index (κ3) is 8.81. The highest BCUT2D eigenvalue weighted by Crippen LogP contribution is 2.30. The van der Waals surface area contributed by atoms with Gasteiger partial charge in [-0.1, -0.05) is 26.2 Å². The van der Waals surface area contributed by atoms with Crippen molar-refractivity contribution in [3.05, 3.63) is 27.7 Å². The molecule has 1 fully saturated rings. The second kappa shape index (κ2) is 13.7. The summed E-state index contributed by atoms with van der Waals surface area (Å²) in [6, 6.07) is 4.22. The van der Waals surface area contributed by atoms with Gasteiger partial charge in [0.15, 0.2) is 0 Å². The molecule has 174 valence electrons. The molecule has 1 aromatic carbocycles. The largest absolute Gasteiger partial charge is 0.466 e. The summed E-state index contributed by atoms with van der Waals surface area (Å²) in [5, 5.41) is 0. The maximum absolute atomic E-state index is 12.6. The fourth-order valence-electron chi connectivity index (χ4n) is 4.11. The fourth-order valence-corrected chi connectivity index (χ4v) is 4.61. The number of hydrogen-bond acceptors (Lipinski definition) is 6. The van der Waals surface area contributed by atoms with Gasteiger partial charge >= 0.3 is 11.9 Å². The molecule has 1 aromatic rings. The zero-order chi connectivity index (χ0) is 22.6. The lowest BCUT2D eigenvalue weighted by atomic mass is 9.93. The van der Waals surface area contributed by atoms with Crippen molar-refractivity contribution in [2.45, 2.75) is 84.2 Å². The number of nitrogens with two attached hydrogens (primary N) is 1. The van der Waals surface area contributed by atoms with E-state index < -0.39 is 0 Å². The van der Waals surface area contributed by atoms with Crippen LogP contribution in [0.1, 0.15) is 87.6 Å². The number of halogens is 1. The summed E-state index contributed by atoms with van der Waals surface area (Å²) in [7, 11) is 0. The van der Waals surface area contributed by atoms with E-state index in [1.165, 1.54) is 39.0 Å². The number of esters is 2. The number of benzene rings is 1. The van der Waals surface area contributed by atoms with Gasteiger partial charge in [-0.2, -0.15) is 0 Å². The third-order valence-electron chi connectivity index (χ3n) is 5.90. The Morgan fingerprint density at radius 3 is 2.32 bits per heavy atom. The minimum atomic E-state index is -0.317. The molecule has 1 saturated carbocycles. The number of nitrogens with zero attached hydrogens (tertiary/aromatic N) is 1. The first-order valence-corrected chi connectivity index (χ1v) is 12.3. The molecular formula is C24H37BrN2O4. The van der Waals surface area contributed by atoms with E-state index in [1.54, 1.807) is 6.07 Å². The minimum absolute atomic E-state index is 0.247. The van der Waals surface area contributed by atoms with Crippen LogP contribution in [0.5, 0.6) is 0 Å². The predicted octanol–water partition coefficient (Wildman–Crippen LogP) is 5.47. The van der Waals surface area contributed by atoms with Crippen LogP contribution in [0.3, 0.4) is 0 Å². The van der Waals surface area contributed by atoms with Gasteiger partial charge in [-0.3, -0.25) is 9.69 Å². The van der Waals surface area contributed by atoms with Crippen LogP contribution in [-0.4, -0.2) is 42.6 Å². The molecule has 0 atom stereocenters. The maximum Gasteiger partial charge on any atom is 0.338 e. The Morgan fingerprint density at radius 2 is 1.71 bits per heavy atom. The summed E-state index contributed by atoms with van der Waals surface area (Å²) < 4.78 is 11.1. The number of nitrogen functional groups attached to an aromatic ring is 1. The summed E-state index contributed by atoms with van der Waals surface area (Å²) >= 11 is 3.51. The van der Waals surface area contributed by atoms with Crippen molar-refractivity contribution in [3.8, 4) is 0 Å².